The van der Waals surface area contributed by atoms with Crippen LogP contribution in [0.5, 0.6) is 0 Å². The minimum Gasteiger partial charge on any atom is -0.340 e. The molecule has 1 aromatic carbocycles. The topological polar surface area (TPSA) is 64.4 Å². The van der Waals surface area contributed by atoms with Gasteiger partial charge in [0.15, 0.2) is 0 Å². The number of carbonyl (C=O) groups excluding carboxylic acids is 2. The molecule has 0 N–H and O–H groups in total. The highest BCUT2D eigenvalue weighted by Gasteiger charge is 2.35. The van der Waals surface area contributed by atoms with E-state index in [2.05, 4.69) is 6.07 Å². The first-order valence-corrected chi connectivity index (χ1v) is 8.61. The van der Waals surface area contributed by atoms with Gasteiger partial charge in [0, 0.05) is 26.1 Å². The summed E-state index contributed by atoms with van der Waals surface area (Å²) in [5.74, 6) is -0.295. The first-order chi connectivity index (χ1) is 11.6. The van der Waals surface area contributed by atoms with Gasteiger partial charge in [0.25, 0.3) is 0 Å². The first-order valence-electron chi connectivity index (χ1n) is 8.61. The predicted molar refractivity (Wildman–Crippen MR) is 91.8 cm³/mol. The molecule has 1 aliphatic rings. The molecule has 1 heterocycles. The predicted octanol–water partition coefficient (Wildman–Crippen LogP) is 2.75. The Kier molecular flexibility index (Phi) is 6.36. The number of likely N-dealkylation sites (N-methyl/N-ethyl adjacent to an activating group) is 1. The van der Waals surface area contributed by atoms with Gasteiger partial charge in [-0.05, 0) is 32.3 Å². The fourth-order valence-corrected chi connectivity index (χ4v) is 3.11. The van der Waals surface area contributed by atoms with Gasteiger partial charge >= 0.3 is 0 Å². The molecule has 0 saturated carbocycles. The van der Waals surface area contributed by atoms with Crippen LogP contribution in [0.4, 0.5) is 0 Å². The summed E-state index contributed by atoms with van der Waals surface area (Å²) in [4.78, 5) is 29.0. The van der Waals surface area contributed by atoms with E-state index < -0.39 is 6.04 Å². The van der Waals surface area contributed by atoms with Crippen molar-refractivity contribution in [2.75, 3.05) is 19.6 Å². The van der Waals surface area contributed by atoms with E-state index >= 15 is 0 Å². The molecule has 5 heteroatoms. The van der Waals surface area contributed by atoms with Crippen LogP contribution < -0.4 is 0 Å². The van der Waals surface area contributed by atoms with E-state index in [9.17, 15) is 9.59 Å². The van der Waals surface area contributed by atoms with Gasteiger partial charge in [0.05, 0.1) is 12.0 Å². The zero-order valence-corrected chi connectivity index (χ0v) is 14.4. The number of carbonyl (C=O) groups is 2. The summed E-state index contributed by atoms with van der Waals surface area (Å²) in [6.45, 7) is 5.23. The third-order valence-corrected chi connectivity index (χ3v) is 4.43. The summed E-state index contributed by atoms with van der Waals surface area (Å²) >= 11 is 0. The summed E-state index contributed by atoms with van der Waals surface area (Å²) < 4.78 is 0. The van der Waals surface area contributed by atoms with Crippen LogP contribution in [-0.2, 0) is 9.59 Å². The molecule has 24 heavy (non-hydrogen) atoms. The van der Waals surface area contributed by atoms with Crippen LogP contribution in [0.15, 0.2) is 30.3 Å². The highest BCUT2D eigenvalue weighted by Crippen LogP contribution is 2.27. The van der Waals surface area contributed by atoms with Crippen LogP contribution in [0.25, 0.3) is 0 Å². The molecule has 0 radical (unpaired) electrons. The van der Waals surface area contributed by atoms with E-state index in [1.807, 2.05) is 37.3 Å². The summed E-state index contributed by atoms with van der Waals surface area (Å²) in [5.41, 5.74) is 0.834. The van der Waals surface area contributed by atoms with Crippen LogP contribution in [-0.4, -0.2) is 41.2 Å². The molecule has 2 atom stereocenters. The second-order valence-corrected chi connectivity index (χ2v) is 6.26. The lowest BCUT2D eigenvalue weighted by molar-refractivity contribution is -0.148. The number of hydrogen-bond donors (Lipinski definition) is 0. The van der Waals surface area contributed by atoms with Crippen LogP contribution >= 0.6 is 0 Å². The van der Waals surface area contributed by atoms with Crippen molar-refractivity contribution in [1.82, 2.24) is 9.80 Å². The molecule has 5 nitrogen and oxygen atoms in total. The number of rotatable bonds is 6. The highest BCUT2D eigenvalue weighted by atomic mass is 16.2. The molecule has 0 aromatic heterocycles. The molecule has 128 valence electrons. The molecule has 0 spiro atoms. The molecule has 2 amide bonds. The maximum absolute atomic E-state index is 13.2. The Hall–Kier alpha value is -2.35. The quantitative estimate of drug-likeness (QED) is 0.807. The Bertz CT molecular complexity index is 609. The van der Waals surface area contributed by atoms with Crippen molar-refractivity contribution in [3.05, 3.63) is 35.9 Å². The van der Waals surface area contributed by atoms with E-state index in [4.69, 9.17) is 5.26 Å². The van der Waals surface area contributed by atoms with E-state index in [0.29, 0.717) is 26.1 Å². The van der Waals surface area contributed by atoms with Crippen molar-refractivity contribution in [2.45, 2.75) is 39.2 Å². The molecular formula is C19H25N3O2. The SMILES string of the molecule is CCN(C[C@@H](C)C#N)C(=O)[C@@H](c1ccccc1)N1CCCCC1=O. The van der Waals surface area contributed by atoms with Crippen LogP contribution in [0.3, 0.4) is 0 Å². The number of nitriles is 1. The van der Waals surface area contributed by atoms with E-state index in [-0.39, 0.29) is 17.7 Å². The number of likely N-dealkylation sites (tertiary alicyclic amines) is 1. The molecular weight excluding hydrogens is 302 g/mol. The van der Waals surface area contributed by atoms with Crippen LogP contribution in [0.2, 0.25) is 0 Å². The van der Waals surface area contributed by atoms with Crippen molar-refractivity contribution in [2.24, 2.45) is 5.92 Å². The average molecular weight is 327 g/mol. The van der Waals surface area contributed by atoms with Gasteiger partial charge in [0.1, 0.15) is 6.04 Å². The normalized spacial score (nSPS) is 17.0. The Morgan fingerprint density at radius 2 is 2.04 bits per heavy atom. The number of nitrogens with zero attached hydrogens (tertiary/aromatic N) is 3. The Labute approximate surface area is 143 Å². The van der Waals surface area contributed by atoms with Gasteiger partial charge in [-0.1, -0.05) is 30.3 Å². The minimum absolute atomic E-state index is 0.0350. The smallest absolute Gasteiger partial charge is 0.250 e. The zero-order chi connectivity index (χ0) is 17.5. The number of piperidine rings is 1. The van der Waals surface area contributed by atoms with Gasteiger partial charge in [-0.25, -0.2) is 0 Å². The maximum atomic E-state index is 13.2. The van der Waals surface area contributed by atoms with Gasteiger partial charge < -0.3 is 9.80 Å². The van der Waals surface area contributed by atoms with Gasteiger partial charge in [-0.3, -0.25) is 9.59 Å². The molecule has 1 aromatic rings. The van der Waals surface area contributed by atoms with Crippen molar-refractivity contribution in [3.63, 3.8) is 0 Å². The third-order valence-electron chi connectivity index (χ3n) is 4.43. The number of benzene rings is 1. The first kappa shape index (κ1) is 18.0. The van der Waals surface area contributed by atoms with Crippen molar-refractivity contribution < 1.29 is 9.59 Å². The second kappa shape index (κ2) is 8.49. The molecule has 1 saturated heterocycles. The third kappa shape index (κ3) is 4.14. The van der Waals surface area contributed by atoms with Crippen molar-refractivity contribution in [3.8, 4) is 6.07 Å². The highest BCUT2D eigenvalue weighted by molar-refractivity contribution is 5.89. The largest absolute Gasteiger partial charge is 0.340 e. The molecule has 1 fully saturated rings. The van der Waals surface area contributed by atoms with Crippen LogP contribution in [0.1, 0.15) is 44.7 Å². The monoisotopic (exact) mass is 327 g/mol. The van der Waals surface area contributed by atoms with Gasteiger partial charge in [0.2, 0.25) is 11.8 Å². The standard InChI is InChI=1S/C19H25N3O2/c1-3-21(14-15(2)13-20)19(24)18(16-9-5-4-6-10-16)22-12-8-7-11-17(22)23/h4-6,9-10,15,18H,3,7-8,11-12,14H2,1-2H3/t15-,18+/m0/s1. The molecule has 0 bridgehead atoms. The van der Waals surface area contributed by atoms with E-state index in [0.717, 1.165) is 18.4 Å². The lowest BCUT2D eigenvalue weighted by Gasteiger charge is -2.37. The molecule has 0 unspecified atom stereocenters. The van der Waals surface area contributed by atoms with Crippen molar-refractivity contribution in [1.29, 1.82) is 5.26 Å². The summed E-state index contributed by atoms with van der Waals surface area (Å²) in [6, 6.07) is 11.0. The van der Waals surface area contributed by atoms with Crippen molar-refractivity contribution >= 4 is 11.8 Å². The Morgan fingerprint density at radius 3 is 2.62 bits per heavy atom. The summed E-state index contributed by atoms with van der Waals surface area (Å²) in [5, 5.41) is 9.05. The lowest BCUT2D eigenvalue weighted by atomic mass is 9.99. The maximum Gasteiger partial charge on any atom is 0.250 e. The van der Waals surface area contributed by atoms with Gasteiger partial charge in [-0.15, -0.1) is 0 Å². The number of amides is 2. The molecule has 1 aliphatic heterocycles. The number of hydrogen-bond acceptors (Lipinski definition) is 3. The molecule has 2 rings (SSSR count). The van der Waals surface area contributed by atoms with Crippen LogP contribution in [0, 0.1) is 17.2 Å². The molecule has 0 aliphatic carbocycles. The van der Waals surface area contributed by atoms with E-state index in [1.54, 1.807) is 16.7 Å². The summed E-state index contributed by atoms with van der Waals surface area (Å²) in [7, 11) is 0. The zero-order valence-electron chi connectivity index (χ0n) is 14.4. The summed E-state index contributed by atoms with van der Waals surface area (Å²) in [6.07, 6.45) is 2.30. The van der Waals surface area contributed by atoms with Gasteiger partial charge in [-0.2, -0.15) is 5.26 Å². The average Bonchev–Trinajstić information content (AvgIpc) is 2.62. The van der Waals surface area contributed by atoms with E-state index in [1.165, 1.54) is 0 Å². The Balaban J connectivity index is 2.32. The Morgan fingerprint density at radius 1 is 1.33 bits per heavy atom. The fourth-order valence-electron chi connectivity index (χ4n) is 3.11. The second-order valence-electron chi connectivity index (χ2n) is 6.26. The minimum atomic E-state index is -0.593. The fraction of sp³-hybridized carbons (Fsp3) is 0.526. The lowest BCUT2D eigenvalue weighted by Crippen LogP contribution is -2.48.